The number of hydrogen-bond donors (Lipinski definition) is 1. The van der Waals surface area contributed by atoms with Crippen molar-refractivity contribution in [2.45, 2.75) is 70.5 Å². The molecule has 1 aliphatic carbocycles. The molecule has 1 aromatic carbocycles. The maximum absolute atomic E-state index is 12.3. The predicted molar refractivity (Wildman–Crippen MR) is 102 cm³/mol. The average molecular weight is 344 g/mol. The summed E-state index contributed by atoms with van der Waals surface area (Å²) in [6.45, 7) is 4.52. The van der Waals surface area contributed by atoms with Gasteiger partial charge in [-0.3, -0.25) is 9.69 Å². The second-order valence-electron chi connectivity index (χ2n) is 7.47. The largest absolute Gasteiger partial charge is 0.375 e. The zero-order valence-corrected chi connectivity index (χ0v) is 15.5. The van der Waals surface area contributed by atoms with E-state index >= 15 is 0 Å². The van der Waals surface area contributed by atoms with Crippen LogP contribution in [0.3, 0.4) is 0 Å². The molecule has 0 bridgehead atoms. The van der Waals surface area contributed by atoms with Gasteiger partial charge in [-0.25, -0.2) is 0 Å². The Balaban J connectivity index is 1.38. The third kappa shape index (κ3) is 5.82. The number of carbonyl (C=O) groups excluding carboxylic acids is 1. The summed E-state index contributed by atoms with van der Waals surface area (Å²) in [6.07, 6.45) is 10.4. The number of benzene rings is 1. The van der Waals surface area contributed by atoms with Crippen molar-refractivity contribution in [2.75, 3.05) is 25.0 Å². The van der Waals surface area contributed by atoms with E-state index in [9.17, 15) is 4.79 Å². The van der Waals surface area contributed by atoms with E-state index in [0.29, 0.717) is 18.8 Å². The summed E-state index contributed by atoms with van der Waals surface area (Å²) in [5.74, 6) is 0.0832. The van der Waals surface area contributed by atoms with Crippen LogP contribution in [0.1, 0.15) is 57.4 Å². The van der Waals surface area contributed by atoms with Crippen LogP contribution >= 0.6 is 0 Å². The monoisotopic (exact) mass is 344 g/mol. The third-order valence-corrected chi connectivity index (χ3v) is 5.46. The number of piperidine rings is 1. The lowest BCUT2D eigenvalue weighted by Crippen LogP contribution is -2.42. The molecule has 2 fully saturated rings. The van der Waals surface area contributed by atoms with Crippen LogP contribution in [-0.4, -0.2) is 42.6 Å². The highest BCUT2D eigenvalue weighted by molar-refractivity contribution is 5.92. The Hall–Kier alpha value is -1.39. The summed E-state index contributed by atoms with van der Waals surface area (Å²) in [6, 6.07) is 8.11. The Kier molecular flexibility index (Phi) is 6.88. The van der Waals surface area contributed by atoms with Crippen LogP contribution in [0.5, 0.6) is 0 Å². The lowest BCUT2D eigenvalue weighted by molar-refractivity contribution is -0.118. The first kappa shape index (κ1) is 18.4. The van der Waals surface area contributed by atoms with Crippen LogP contribution in [0, 0.1) is 0 Å². The van der Waals surface area contributed by atoms with E-state index < -0.39 is 0 Å². The topological polar surface area (TPSA) is 41.6 Å². The molecule has 25 heavy (non-hydrogen) atoms. The molecular formula is C21H32N2O2. The Morgan fingerprint density at radius 3 is 2.56 bits per heavy atom. The van der Waals surface area contributed by atoms with E-state index in [4.69, 9.17) is 4.74 Å². The molecule has 0 atom stereocenters. The van der Waals surface area contributed by atoms with E-state index in [0.717, 1.165) is 38.0 Å². The van der Waals surface area contributed by atoms with Crippen LogP contribution < -0.4 is 5.32 Å². The quantitative estimate of drug-likeness (QED) is 0.848. The number of rotatable bonds is 6. The molecule has 0 radical (unpaired) electrons. The highest BCUT2D eigenvalue weighted by atomic mass is 16.5. The Morgan fingerprint density at radius 2 is 1.84 bits per heavy atom. The van der Waals surface area contributed by atoms with Crippen molar-refractivity contribution in [1.82, 2.24) is 4.90 Å². The van der Waals surface area contributed by atoms with Crippen molar-refractivity contribution in [2.24, 2.45) is 0 Å². The number of ether oxygens (including phenoxy) is 1. The van der Waals surface area contributed by atoms with E-state index in [1.165, 1.54) is 37.7 Å². The molecule has 4 nitrogen and oxygen atoms in total. The Morgan fingerprint density at radius 1 is 1.12 bits per heavy atom. The summed E-state index contributed by atoms with van der Waals surface area (Å²) in [5, 5.41) is 3.03. The van der Waals surface area contributed by atoms with Gasteiger partial charge in [0, 0.05) is 18.8 Å². The number of carbonyl (C=O) groups is 1. The van der Waals surface area contributed by atoms with E-state index in [-0.39, 0.29) is 5.91 Å². The van der Waals surface area contributed by atoms with Gasteiger partial charge in [0.25, 0.3) is 0 Å². The highest BCUT2D eigenvalue weighted by Gasteiger charge is 2.24. The predicted octanol–water partition coefficient (Wildman–Crippen LogP) is 4.00. The second kappa shape index (κ2) is 9.35. The first-order chi connectivity index (χ1) is 12.2. The highest BCUT2D eigenvalue weighted by Crippen LogP contribution is 2.24. The first-order valence-corrected chi connectivity index (χ1v) is 9.99. The fourth-order valence-corrected chi connectivity index (χ4v) is 3.95. The van der Waals surface area contributed by atoms with Gasteiger partial charge in [-0.05, 0) is 49.8 Å². The van der Waals surface area contributed by atoms with Gasteiger partial charge < -0.3 is 10.1 Å². The molecule has 1 aromatic rings. The maximum Gasteiger partial charge on any atom is 0.238 e. The minimum Gasteiger partial charge on any atom is -0.375 e. The summed E-state index contributed by atoms with van der Waals surface area (Å²) in [5.41, 5.74) is 2.15. The van der Waals surface area contributed by atoms with Crippen LogP contribution in [0.15, 0.2) is 24.3 Å². The average Bonchev–Trinajstić information content (AvgIpc) is 2.64. The summed E-state index contributed by atoms with van der Waals surface area (Å²) < 4.78 is 6.28. The Bertz CT molecular complexity index is 547. The molecule has 0 unspecified atom stereocenters. The van der Waals surface area contributed by atoms with Gasteiger partial charge in [-0.2, -0.15) is 0 Å². The minimum absolute atomic E-state index is 0.0832. The minimum atomic E-state index is 0.0832. The molecule has 138 valence electrons. The molecule has 1 heterocycles. The van der Waals surface area contributed by atoms with Gasteiger partial charge in [-0.1, -0.05) is 38.3 Å². The van der Waals surface area contributed by atoms with E-state index in [1.807, 2.05) is 12.1 Å². The lowest BCUT2D eigenvalue weighted by atomic mass is 9.97. The van der Waals surface area contributed by atoms with Gasteiger partial charge in [0.2, 0.25) is 5.91 Å². The Labute approximate surface area is 151 Å². The van der Waals surface area contributed by atoms with Gasteiger partial charge in [0.05, 0.1) is 18.8 Å². The van der Waals surface area contributed by atoms with Crippen molar-refractivity contribution < 1.29 is 9.53 Å². The van der Waals surface area contributed by atoms with Gasteiger partial charge >= 0.3 is 0 Å². The molecule has 1 aliphatic heterocycles. The number of nitrogens with zero attached hydrogens (tertiary/aromatic N) is 1. The van der Waals surface area contributed by atoms with Crippen LogP contribution in [0.4, 0.5) is 5.69 Å². The lowest BCUT2D eigenvalue weighted by Gasteiger charge is -2.34. The van der Waals surface area contributed by atoms with Crippen LogP contribution in [-0.2, 0) is 16.0 Å². The molecule has 1 amide bonds. The molecule has 0 aromatic heterocycles. The number of nitrogens with one attached hydrogen (secondary N) is 1. The van der Waals surface area contributed by atoms with Crippen molar-refractivity contribution in [3.63, 3.8) is 0 Å². The van der Waals surface area contributed by atoms with Gasteiger partial charge in [0.15, 0.2) is 0 Å². The summed E-state index contributed by atoms with van der Waals surface area (Å²) >= 11 is 0. The molecule has 1 saturated carbocycles. The maximum atomic E-state index is 12.3. The number of anilines is 1. The molecule has 4 heteroatoms. The molecular weight excluding hydrogens is 312 g/mol. The van der Waals surface area contributed by atoms with Gasteiger partial charge in [-0.15, -0.1) is 0 Å². The van der Waals surface area contributed by atoms with E-state index in [2.05, 4.69) is 29.3 Å². The van der Waals surface area contributed by atoms with Crippen LogP contribution in [0.2, 0.25) is 0 Å². The number of amides is 1. The van der Waals surface area contributed by atoms with Crippen molar-refractivity contribution in [3.8, 4) is 0 Å². The summed E-state index contributed by atoms with van der Waals surface area (Å²) in [7, 11) is 0. The zero-order chi connectivity index (χ0) is 17.5. The fraction of sp³-hybridized carbons (Fsp3) is 0.667. The SMILES string of the molecule is CCc1cccc(NC(=O)CN2CCC(OC3CCCCC3)CC2)c1. The number of hydrogen-bond acceptors (Lipinski definition) is 3. The molecule has 2 aliphatic rings. The zero-order valence-electron chi connectivity index (χ0n) is 15.5. The molecule has 1 N–H and O–H groups in total. The number of likely N-dealkylation sites (tertiary alicyclic amines) is 1. The fourth-order valence-electron chi connectivity index (χ4n) is 3.95. The van der Waals surface area contributed by atoms with E-state index in [1.54, 1.807) is 0 Å². The smallest absolute Gasteiger partial charge is 0.238 e. The molecule has 0 spiro atoms. The standard InChI is InChI=1S/C21H32N2O2/c1-2-17-7-6-8-18(15-17)22-21(24)16-23-13-11-20(12-14-23)25-19-9-4-3-5-10-19/h6-8,15,19-20H,2-5,9-14,16H2,1H3,(H,22,24). The van der Waals surface area contributed by atoms with Crippen molar-refractivity contribution in [1.29, 1.82) is 0 Å². The first-order valence-electron chi connectivity index (χ1n) is 9.99. The molecule has 3 rings (SSSR count). The van der Waals surface area contributed by atoms with Gasteiger partial charge in [0.1, 0.15) is 0 Å². The van der Waals surface area contributed by atoms with Crippen molar-refractivity contribution >= 4 is 11.6 Å². The van der Waals surface area contributed by atoms with Crippen molar-refractivity contribution in [3.05, 3.63) is 29.8 Å². The molecule has 1 saturated heterocycles. The van der Waals surface area contributed by atoms with Crippen LogP contribution in [0.25, 0.3) is 0 Å². The summed E-state index contributed by atoms with van der Waals surface area (Å²) in [4.78, 5) is 14.5. The third-order valence-electron chi connectivity index (χ3n) is 5.46. The number of aryl methyl sites for hydroxylation is 1. The second-order valence-corrected chi connectivity index (χ2v) is 7.47. The normalized spacial score (nSPS) is 20.5.